The number of hydrogen-bond donors (Lipinski definition) is 0. The van der Waals surface area contributed by atoms with Gasteiger partial charge in [0.1, 0.15) is 0 Å². The molecule has 1 radical (unpaired) electrons. The Morgan fingerprint density at radius 1 is 0.857 bits per heavy atom. The van der Waals surface area contributed by atoms with E-state index in [4.69, 9.17) is 0 Å². The maximum atomic E-state index is 2.09. The van der Waals surface area contributed by atoms with Gasteiger partial charge in [-0.05, 0) is 24.3 Å². The van der Waals surface area contributed by atoms with E-state index in [1.165, 1.54) is 30.8 Å². The molecular formula is C5H10AgS. The van der Waals surface area contributed by atoms with Crippen molar-refractivity contribution >= 4 is 11.8 Å². The van der Waals surface area contributed by atoms with E-state index in [0.717, 1.165) is 0 Å². The molecule has 0 amide bonds. The molecule has 0 atom stereocenters. The largest absolute Gasteiger partial charge is 0.162 e. The minimum atomic E-state index is 0. The van der Waals surface area contributed by atoms with E-state index in [2.05, 4.69) is 11.8 Å². The molecule has 2 heteroatoms. The molecule has 1 fully saturated rings. The molecule has 1 aliphatic heterocycles. The Balaban J connectivity index is 0.000000360. The van der Waals surface area contributed by atoms with Gasteiger partial charge in [-0.3, -0.25) is 0 Å². The average Bonchev–Trinajstić information content (AvgIpc) is 1.72. The molecule has 0 aromatic heterocycles. The fourth-order valence-electron chi connectivity index (χ4n) is 0.687. The Hall–Kier alpha value is 1.09. The molecule has 0 spiro atoms. The molecule has 47 valence electrons. The molecular weight excluding hydrogens is 200 g/mol. The van der Waals surface area contributed by atoms with Crippen LogP contribution in [0, 0.1) is 0 Å². The van der Waals surface area contributed by atoms with Crippen molar-refractivity contribution in [3.63, 3.8) is 0 Å². The van der Waals surface area contributed by atoms with Gasteiger partial charge >= 0.3 is 0 Å². The topological polar surface area (TPSA) is 0 Å². The summed E-state index contributed by atoms with van der Waals surface area (Å²) in [5.74, 6) is 2.83. The number of rotatable bonds is 0. The first-order valence-corrected chi connectivity index (χ1v) is 3.73. The fraction of sp³-hybridized carbons (Fsp3) is 1.00. The molecule has 0 aromatic rings. The Morgan fingerprint density at radius 3 is 1.57 bits per heavy atom. The van der Waals surface area contributed by atoms with Crippen LogP contribution in [0.25, 0.3) is 0 Å². The Morgan fingerprint density at radius 2 is 1.43 bits per heavy atom. The molecule has 0 aliphatic carbocycles. The normalized spacial score (nSPS) is 20.6. The van der Waals surface area contributed by atoms with Crippen molar-refractivity contribution in [1.29, 1.82) is 0 Å². The SMILES string of the molecule is C1CCSCC1.[Ag]. The van der Waals surface area contributed by atoms with Gasteiger partial charge in [0.2, 0.25) is 0 Å². The van der Waals surface area contributed by atoms with Gasteiger partial charge in [-0.15, -0.1) is 0 Å². The van der Waals surface area contributed by atoms with Crippen molar-refractivity contribution in [1.82, 2.24) is 0 Å². The summed E-state index contributed by atoms with van der Waals surface area (Å²) in [4.78, 5) is 0. The first-order chi connectivity index (χ1) is 3.00. The van der Waals surface area contributed by atoms with Gasteiger partial charge in [0.15, 0.2) is 0 Å². The quantitative estimate of drug-likeness (QED) is 0.550. The second kappa shape index (κ2) is 5.23. The fourth-order valence-corrected chi connectivity index (χ4v) is 1.71. The van der Waals surface area contributed by atoms with Crippen molar-refractivity contribution in [2.45, 2.75) is 19.3 Å². The summed E-state index contributed by atoms with van der Waals surface area (Å²) in [6.07, 6.45) is 4.41. The van der Waals surface area contributed by atoms with E-state index in [1.807, 2.05) is 0 Å². The average molecular weight is 210 g/mol. The molecule has 0 aromatic carbocycles. The molecule has 0 unspecified atom stereocenters. The summed E-state index contributed by atoms with van der Waals surface area (Å²) in [5, 5.41) is 0. The van der Waals surface area contributed by atoms with Crippen LogP contribution in [0.4, 0.5) is 0 Å². The Labute approximate surface area is 64.9 Å². The molecule has 0 bridgehead atoms. The Bertz CT molecular complexity index is 23.6. The zero-order chi connectivity index (χ0) is 4.24. The van der Waals surface area contributed by atoms with Crippen LogP contribution in [0.1, 0.15) is 19.3 Å². The van der Waals surface area contributed by atoms with Crippen LogP contribution >= 0.6 is 11.8 Å². The van der Waals surface area contributed by atoms with Gasteiger partial charge in [0.05, 0.1) is 0 Å². The molecule has 7 heavy (non-hydrogen) atoms. The van der Waals surface area contributed by atoms with Crippen LogP contribution in [0.5, 0.6) is 0 Å². The minimum absolute atomic E-state index is 0. The van der Waals surface area contributed by atoms with Crippen molar-refractivity contribution in [2.75, 3.05) is 11.5 Å². The predicted octanol–water partition coefficient (Wildman–Crippen LogP) is 1.90. The molecule has 1 aliphatic rings. The van der Waals surface area contributed by atoms with E-state index in [1.54, 1.807) is 0 Å². The summed E-state index contributed by atoms with van der Waals surface area (Å²) < 4.78 is 0. The molecule has 0 nitrogen and oxygen atoms in total. The van der Waals surface area contributed by atoms with Crippen molar-refractivity contribution in [3.8, 4) is 0 Å². The summed E-state index contributed by atoms with van der Waals surface area (Å²) in [5.41, 5.74) is 0. The van der Waals surface area contributed by atoms with Gasteiger partial charge in [-0.25, -0.2) is 0 Å². The van der Waals surface area contributed by atoms with Crippen LogP contribution in [-0.4, -0.2) is 11.5 Å². The first kappa shape index (κ1) is 8.09. The van der Waals surface area contributed by atoms with Crippen molar-refractivity contribution in [3.05, 3.63) is 0 Å². The molecule has 1 heterocycles. The monoisotopic (exact) mass is 209 g/mol. The third kappa shape index (κ3) is 3.65. The van der Waals surface area contributed by atoms with Crippen molar-refractivity contribution in [2.24, 2.45) is 0 Å². The van der Waals surface area contributed by atoms with E-state index in [9.17, 15) is 0 Å². The second-order valence-electron chi connectivity index (χ2n) is 1.67. The van der Waals surface area contributed by atoms with Crippen LogP contribution < -0.4 is 0 Å². The predicted molar refractivity (Wildman–Crippen MR) is 31.2 cm³/mol. The van der Waals surface area contributed by atoms with Gasteiger partial charge in [0.25, 0.3) is 0 Å². The zero-order valence-electron chi connectivity index (χ0n) is 4.25. The number of hydrogen-bond acceptors (Lipinski definition) is 1. The van der Waals surface area contributed by atoms with Gasteiger partial charge in [-0.1, -0.05) is 6.42 Å². The first-order valence-electron chi connectivity index (χ1n) is 2.58. The molecule has 0 N–H and O–H groups in total. The summed E-state index contributed by atoms with van der Waals surface area (Å²) >= 11 is 2.09. The van der Waals surface area contributed by atoms with Crippen LogP contribution in [0.2, 0.25) is 0 Å². The summed E-state index contributed by atoms with van der Waals surface area (Å²) in [6, 6.07) is 0. The molecule has 1 rings (SSSR count). The second-order valence-corrected chi connectivity index (χ2v) is 2.90. The zero-order valence-corrected chi connectivity index (χ0v) is 6.54. The summed E-state index contributed by atoms with van der Waals surface area (Å²) in [6.45, 7) is 0. The maximum Gasteiger partial charge on any atom is 0 e. The number of thioether (sulfide) groups is 1. The van der Waals surface area contributed by atoms with Crippen LogP contribution in [0.3, 0.4) is 0 Å². The van der Waals surface area contributed by atoms with E-state index in [-0.39, 0.29) is 22.4 Å². The maximum absolute atomic E-state index is 2.09. The van der Waals surface area contributed by atoms with Gasteiger partial charge in [0, 0.05) is 22.4 Å². The van der Waals surface area contributed by atoms with E-state index < -0.39 is 0 Å². The summed E-state index contributed by atoms with van der Waals surface area (Å²) in [7, 11) is 0. The third-order valence-electron chi connectivity index (χ3n) is 1.08. The van der Waals surface area contributed by atoms with Gasteiger partial charge < -0.3 is 0 Å². The third-order valence-corrected chi connectivity index (χ3v) is 2.23. The molecule has 1 saturated heterocycles. The van der Waals surface area contributed by atoms with E-state index >= 15 is 0 Å². The molecule has 0 saturated carbocycles. The minimum Gasteiger partial charge on any atom is -0.162 e. The van der Waals surface area contributed by atoms with Crippen LogP contribution in [0.15, 0.2) is 0 Å². The van der Waals surface area contributed by atoms with E-state index in [0.29, 0.717) is 0 Å². The standard InChI is InChI=1S/C5H10S.Ag/c1-2-4-6-5-3-1;/h1-5H2;. The van der Waals surface area contributed by atoms with Crippen molar-refractivity contribution < 1.29 is 22.4 Å². The Kier molecular flexibility index (Phi) is 6.05. The smallest absolute Gasteiger partial charge is 0 e. The van der Waals surface area contributed by atoms with Gasteiger partial charge in [-0.2, -0.15) is 11.8 Å². The van der Waals surface area contributed by atoms with Crippen LogP contribution in [-0.2, 0) is 22.4 Å².